The van der Waals surface area contributed by atoms with E-state index < -0.39 is 0 Å². The molecule has 1 saturated carbocycles. The van der Waals surface area contributed by atoms with Gasteiger partial charge < -0.3 is 9.88 Å². The van der Waals surface area contributed by atoms with Crippen LogP contribution in [0.4, 0.5) is 0 Å². The zero-order valence-corrected chi connectivity index (χ0v) is 13.6. The average Bonchev–Trinajstić information content (AvgIpc) is 3.11. The van der Waals surface area contributed by atoms with Crippen molar-refractivity contribution < 1.29 is 4.79 Å². The molecule has 2 aromatic rings. The summed E-state index contributed by atoms with van der Waals surface area (Å²) in [6.45, 7) is 6.08. The molecule has 0 bridgehead atoms. The molecule has 6 nitrogen and oxygen atoms in total. The van der Waals surface area contributed by atoms with Gasteiger partial charge in [0.05, 0.1) is 17.3 Å². The minimum absolute atomic E-state index is 0.0603. The molecule has 118 valence electrons. The van der Waals surface area contributed by atoms with Crippen LogP contribution in [0, 0.1) is 12.8 Å². The van der Waals surface area contributed by atoms with E-state index in [1.54, 1.807) is 6.20 Å². The van der Waals surface area contributed by atoms with E-state index in [9.17, 15) is 4.79 Å². The highest BCUT2D eigenvalue weighted by molar-refractivity contribution is 5.96. The molecular formula is C16H23N5O. The Hall–Kier alpha value is -2.11. The van der Waals surface area contributed by atoms with E-state index in [0.29, 0.717) is 11.5 Å². The van der Waals surface area contributed by atoms with Crippen LogP contribution in [0.25, 0.3) is 0 Å². The Labute approximate surface area is 130 Å². The standard InChI is InChI=1S/C16H23N5O/c1-9(2)13(15-17-7-8-21(15)4)18-16(22)12-10(3)19-20-14(12)11-5-6-11/h7-9,11,13H,5-6H2,1-4H3,(H,18,22)(H,19,20)/t13-/m0/s1. The number of H-pyrrole nitrogens is 1. The van der Waals surface area contributed by atoms with Gasteiger partial charge in [0.25, 0.3) is 5.91 Å². The number of imidazole rings is 1. The molecule has 0 radical (unpaired) electrons. The first-order valence-corrected chi connectivity index (χ1v) is 7.82. The second kappa shape index (κ2) is 5.59. The van der Waals surface area contributed by atoms with Gasteiger partial charge in [0.1, 0.15) is 5.82 Å². The van der Waals surface area contributed by atoms with Crippen molar-refractivity contribution in [2.75, 3.05) is 0 Å². The van der Waals surface area contributed by atoms with Crippen molar-refractivity contribution >= 4 is 5.91 Å². The van der Waals surface area contributed by atoms with Gasteiger partial charge in [-0.3, -0.25) is 9.89 Å². The van der Waals surface area contributed by atoms with Crippen LogP contribution in [0.5, 0.6) is 0 Å². The minimum Gasteiger partial charge on any atom is -0.342 e. The number of hydrogen-bond donors (Lipinski definition) is 2. The predicted molar refractivity (Wildman–Crippen MR) is 83.6 cm³/mol. The van der Waals surface area contributed by atoms with Gasteiger partial charge in [0, 0.05) is 31.1 Å². The van der Waals surface area contributed by atoms with E-state index in [1.165, 1.54) is 0 Å². The summed E-state index contributed by atoms with van der Waals surface area (Å²) in [5.41, 5.74) is 2.46. The van der Waals surface area contributed by atoms with Crippen LogP contribution in [0.3, 0.4) is 0 Å². The summed E-state index contributed by atoms with van der Waals surface area (Å²) in [6, 6.07) is -0.117. The molecule has 0 unspecified atom stereocenters. The van der Waals surface area contributed by atoms with Crippen molar-refractivity contribution in [3.63, 3.8) is 0 Å². The molecule has 0 aromatic carbocycles. The Bertz CT molecular complexity index is 681. The molecule has 22 heavy (non-hydrogen) atoms. The summed E-state index contributed by atoms with van der Waals surface area (Å²) in [5, 5.41) is 10.4. The molecule has 1 aliphatic carbocycles. The molecule has 6 heteroatoms. The molecule has 2 aromatic heterocycles. The molecule has 1 atom stereocenters. The Morgan fingerprint density at radius 2 is 2.18 bits per heavy atom. The lowest BCUT2D eigenvalue weighted by Crippen LogP contribution is -2.34. The van der Waals surface area contributed by atoms with Gasteiger partial charge in [0.15, 0.2) is 0 Å². The molecule has 1 amide bonds. The molecule has 1 aliphatic rings. The number of aryl methyl sites for hydroxylation is 2. The van der Waals surface area contributed by atoms with Crippen LogP contribution in [0.15, 0.2) is 12.4 Å². The third-order valence-electron chi connectivity index (χ3n) is 4.26. The SMILES string of the molecule is Cc1[nH]nc(C2CC2)c1C(=O)N[C@H](c1nccn1C)C(C)C. The normalized spacial score (nSPS) is 16.0. The number of rotatable bonds is 5. The van der Waals surface area contributed by atoms with Gasteiger partial charge >= 0.3 is 0 Å². The molecule has 2 N–H and O–H groups in total. The number of aromatic amines is 1. The number of carbonyl (C=O) groups excluding carboxylic acids is 1. The quantitative estimate of drug-likeness (QED) is 0.890. The monoisotopic (exact) mass is 301 g/mol. The summed E-state index contributed by atoms with van der Waals surface area (Å²) in [7, 11) is 1.95. The third kappa shape index (κ3) is 2.65. The van der Waals surface area contributed by atoms with Crippen molar-refractivity contribution in [2.24, 2.45) is 13.0 Å². The van der Waals surface area contributed by atoms with Gasteiger partial charge in [-0.2, -0.15) is 5.10 Å². The Kier molecular flexibility index (Phi) is 3.76. The molecular weight excluding hydrogens is 278 g/mol. The predicted octanol–water partition coefficient (Wildman–Crippen LogP) is 2.46. The summed E-state index contributed by atoms with van der Waals surface area (Å²) in [4.78, 5) is 17.2. The van der Waals surface area contributed by atoms with Gasteiger partial charge in [-0.15, -0.1) is 0 Å². The molecule has 3 rings (SSSR count). The second-order valence-electron chi connectivity index (χ2n) is 6.47. The zero-order valence-electron chi connectivity index (χ0n) is 13.6. The molecule has 0 aliphatic heterocycles. The molecule has 0 saturated heterocycles. The number of nitrogens with one attached hydrogen (secondary N) is 2. The number of hydrogen-bond acceptors (Lipinski definition) is 3. The number of aromatic nitrogens is 4. The van der Waals surface area contributed by atoms with Crippen molar-refractivity contribution in [1.29, 1.82) is 0 Å². The largest absolute Gasteiger partial charge is 0.342 e. The maximum Gasteiger partial charge on any atom is 0.255 e. The van der Waals surface area contributed by atoms with Crippen LogP contribution < -0.4 is 5.32 Å². The summed E-state index contributed by atoms with van der Waals surface area (Å²) >= 11 is 0. The second-order valence-corrected chi connectivity index (χ2v) is 6.47. The van der Waals surface area contributed by atoms with E-state index >= 15 is 0 Å². The van der Waals surface area contributed by atoms with Gasteiger partial charge in [0.2, 0.25) is 0 Å². The zero-order chi connectivity index (χ0) is 15.9. The van der Waals surface area contributed by atoms with Gasteiger partial charge in [-0.05, 0) is 25.7 Å². The summed E-state index contributed by atoms with van der Waals surface area (Å²) in [5.74, 6) is 1.50. The highest BCUT2D eigenvalue weighted by Crippen LogP contribution is 2.41. The maximum atomic E-state index is 12.8. The summed E-state index contributed by atoms with van der Waals surface area (Å²) in [6.07, 6.45) is 5.90. The highest BCUT2D eigenvalue weighted by atomic mass is 16.1. The van der Waals surface area contributed by atoms with E-state index in [2.05, 4.69) is 34.3 Å². The van der Waals surface area contributed by atoms with Crippen molar-refractivity contribution in [3.05, 3.63) is 35.2 Å². The number of amides is 1. The fourth-order valence-corrected chi connectivity index (χ4v) is 2.81. The van der Waals surface area contributed by atoms with Crippen molar-refractivity contribution in [1.82, 2.24) is 25.1 Å². The van der Waals surface area contributed by atoms with Gasteiger partial charge in [-0.25, -0.2) is 4.98 Å². The first-order valence-electron chi connectivity index (χ1n) is 7.82. The smallest absolute Gasteiger partial charge is 0.255 e. The van der Waals surface area contributed by atoms with Crippen LogP contribution >= 0.6 is 0 Å². The molecule has 2 heterocycles. The lowest BCUT2D eigenvalue weighted by Gasteiger charge is -2.22. The summed E-state index contributed by atoms with van der Waals surface area (Å²) < 4.78 is 1.95. The van der Waals surface area contributed by atoms with E-state index in [-0.39, 0.29) is 17.9 Å². The Morgan fingerprint density at radius 1 is 1.45 bits per heavy atom. The average molecular weight is 301 g/mol. The van der Waals surface area contributed by atoms with Crippen LogP contribution in [-0.2, 0) is 7.05 Å². The van der Waals surface area contributed by atoms with Crippen LogP contribution in [0.1, 0.15) is 66.2 Å². The van der Waals surface area contributed by atoms with Crippen molar-refractivity contribution in [2.45, 2.75) is 45.6 Å². The van der Waals surface area contributed by atoms with Crippen molar-refractivity contribution in [3.8, 4) is 0 Å². The third-order valence-corrected chi connectivity index (χ3v) is 4.26. The maximum absolute atomic E-state index is 12.8. The van der Waals surface area contributed by atoms with E-state index in [1.807, 2.05) is 24.7 Å². The number of nitrogens with zero attached hydrogens (tertiary/aromatic N) is 3. The fraction of sp³-hybridized carbons (Fsp3) is 0.562. The van der Waals surface area contributed by atoms with Crippen LogP contribution in [-0.4, -0.2) is 25.7 Å². The van der Waals surface area contributed by atoms with Gasteiger partial charge in [-0.1, -0.05) is 13.8 Å². The van der Waals surface area contributed by atoms with Crippen LogP contribution in [0.2, 0.25) is 0 Å². The first kappa shape index (κ1) is 14.8. The van der Waals surface area contributed by atoms with E-state index in [0.717, 1.165) is 30.1 Å². The lowest BCUT2D eigenvalue weighted by atomic mass is 10.0. The molecule has 0 spiro atoms. The van der Waals surface area contributed by atoms with E-state index in [4.69, 9.17) is 0 Å². The highest BCUT2D eigenvalue weighted by Gasteiger charge is 2.33. The minimum atomic E-state index is -0.117. The molecule has 1 fully saturated rings. The Morgan fingerprint density at radius 3 is 2.73 bits per heavy atom. The topological polar surface area (TPSA) is 75.6 Å². The lowest BCUT2D eigenvalue weighted by molar-refractivity contribution is 0.0921. The number of carbonyl (C=O) groups is 1. The Balaban J connectivity index is 1.86. The first-order chi connectivity index (χ1) is 10.5. The fourth-order valence-electron chi connectivity index (χ4n) is 2.81.